The lowest BCUT2D eigenvalue weighted by Gasteiger charge is -2.16. The van der Waals surface area contributed by atoms with Gasteiger partial charge in [-0.25, -0.2) is 0 Å². The molecule has 0 aliphatic rings. The van der Waals surface area contributed by atoms with Crippen LogP contribution in [0.2, 0.25) is 0 Å². The minimum Gasteiger partial charge on any atom is -0.507 e. The van der Waals surface area contributed by atoms with Crippen LogP contribution in [0.5, 0.6) is 11.5 Å². The molecule has 0 radical (unpaired) electrons. The van der Waals surface area contributed by atoms with E-state index in [4.69, 9.17) is 0 Å². The molecular weight excluding hydrogens is 500 g/mol. The number of amides is 2. The molecule has 0 bridgehead atoms. The Bertz CT molecular complexity index is 1160. The molecule has 0 aromatic heterocycles. The van der Waals surface area contributed by atoms with Gasteiger partial charge in [-0.15, -0.1) is 0 Å². The number of carbonyl (C=O) groups is 2. The van der Waals surface area contributed by atoms with E-state index in [0.29, 0.717) is 24.2 Å². The molecule has 0 atom stereocenters. The van der Waals surface area contributed by atoms with E-state index in [1.54, 1.807) is 36.4 Å². The molecule has 0 fully saturated rings. The highest BCUT2D eigenvalue weighted by molar-refractivity contribution is 6.12. The van der Waals surface area contributed by atoms with Crippen molar-refractivity contribution in [2.75, 3.05) is 10.6 Å². The molecule has 40 heavy (non-hydrogen) atoms. The van der Waals surface area contributed by atoms with Crippen molar-refractivity contribution in [3.05, 3.63) is 82.9 Å². The smallest absolute Gasteiger partial charge is 0.259 e. The van der Waals surface area contributed by atoms with E-state index in [1.165, 1.54) is 37.8 Å². The van der Waals surface area contributed by atoms with Crippen molar-refractivity contribution in [2.24, 2.45) is 0 Å². The molecule has 6 nitrogen and oxygen atoms in total. The Hall–Kier alpha value is -3.80. The number of rotatable bonds is 16. The zero-order valence-corrected chi connectivity index (χ0v) is 24.0. The Kier molecular flexibility index (Phi) is 12.6. The van der Waals surface area contributed by atoms with Gasteiger partial charge in [0.15, 0.2) is 0 Å². The highest BCUT2D eigenvalue weighted by Gasteiger charge is 2.20. The number of hydrogen-bond donors (Lipinski definition) is 4. The second-order valence-electron chi connectivity index (χ2n) is 10.4. The quantitative estimate of drug-likeness (QED) is 0.136. The molecule has 0 spiro atoms. The molecule has 4 N–H and O–H groups in total. The van der Waals surface area contributed by atoms with Gasteiger partial charge < -0.3 is 20.8 Å². The van der Waals surface area contributed by atoms with E-state index >= 15 is 0 Å². The molecule has 0 aliphatic heterocycles. The third-order valence-corrected chi connectivity index (χ3v) is 7.23. The number of para-hydroxylation sites is 2. The fourth-order valence-electron chi connectivity index (χ4n) is 5.02. The summed E-state index contributed by atoms with van der Waals surface area (Å²) in [6.07, 6.45) is 12.5. The van der Waals surface area contributed by atoms with Gasteiger partial charge in [-0.3, -0.25) is 9.59 Å². The minimum absolute atomic E-state index is 0.0668. The van der Waals surface area contributed by atoms with Gasteiger partial charge in [-0.1, -0.05) is 102 Å². The number of phenolic OH excluding ortho intramolecular Hbond substituents is 2. The van der Waals surface area contributed by atoms with Crippen molar-refractivity contribution in [1.29, 1.82) is 0 Å². The first-order valence-electron chi connectivity index (χ1n) is 14.8. The van der Waals surface area contributed by atoms with Gasteiger partial charge in [-0.05, 0) is 61.1 Å². The fourth-order valence-corrected chi connectivity index (χ4v) is 5.02. The van der Waals surface area contributed by atoms with Crippen LogP contribution in [0.3, 0.4) is 0 Å². The van der Waals surface area contributed by atoms with E-state index in [1.807, 2.05) is 12.1 Å². The molecule has 2 amide bonds. The first-order chi connectivity index (χ1) is 19.5. The molecule has 0 aliphatic carbocycles. The summed E-state index contributed by atoms with van der Waals surface area (Å²) < 4.78 is 0. The lowest BCUT2D eigenvalue weighted by molar-refractivity contribution is 0.101. The zero-order chi connectivity index (χ0) is 28.7. The number of aromatic hydroxyl groups is 2. The Labute approximate surface area is 238 Å². The molecule has 214 valence electrons. The summed E-state index contributed by atoms with van der Waals surface area (Å²) in [7, 11) is 0. The van der Waals surface area contributed by atoms with Crippen LogP contribution in [0.15, 0.2) is 60.7 Å². The lowest BCUT2D eigenvalue weighted by Crippen LogP contribution is -2.19. The third-order valence-electron chi connectivity index (χ3n) is 7.23. The topological polar surface area (TPSA) is 98.7 Å². The second kappa shape index (κ2) is 16.3. The average Bonchev–Trinajstić information content (AvgIpc) is 2.94. The third kappa shape index (κ3) is 8.87. The maximum Gasteiger partial charge on any atom is 0.259 e. The SMILES string of the molecule is CCCCCCCc1cccc(O)c1C(=O)Nc1ccccc1NC(=O)c1c(O)cccc1CCCCCCC. The normalized spacial score (nSPS) is 10.8. The van der Waals surface area contributed by atoms with E-state index in [2.05, 4.69) is 24.5 Å². The molecule has 0 saturated heterocycles. The summed E-state index contributed by atoms with van der Waals surface area (Å²) in [5.74, 6) is -0.997. The Balaban J connectivity index is 1.75. The largest absolute Gasteiger partial charge is 0.507 e. The summed E-state index contributed by atoms with van der Waals surface area (Å²) in [6, 6.07) is 17.3. The van der Waals surface area contributed by atoms with Gasteiger partial charge in [0.25, 0.3) is 11.8 Å². The van der Waals surface area contributed by atoms with Crippen molar-refractivity contribution < 1.29 is 19.8 Å². The zero-order valence-electron chi connectivity index (χ0n) is 24.0. The molecule has 0 saturated carbocycles. The van der Waals surface area contributed by atoms with Crippen molar-refractivity contribution in [2.45, 2.75) is 90.9 Å². The van der Waals surface area contributed by atoms with Crippen molar-refractivity contribution in [1.82, 2.24) is 0 Å². The van der Waals surface area contributed by atoms with E-state index in [9.17, 15) is 19.8 Å². The Morgan fingerprint density at radius 1 is 0.550 bits per heavy atom. The second-order valence-corrected chi connectivity index (χ2v) is 10.4. The van der Waals surface area contributed by atoms with E-state index in [0.717, 1.165) is 49.7 Å². The molecule has 0 unspecified atom stereocenters. The number of phenols is 2. The van der Waals surface area contributed by atoms with Gasteiger partial charge in [0.1, 0.15) is 11.5 Å². The van der Waals surface area contributed by atoms with Crippen molar-refractivity contribution >= 4 is 23.2 Å². The average molecular weight is 545 g/mol. The molecule has 0 heterocycles. The summed E-state index contributed by atoms with van der Waals surface area (Å²) >= 11 is 0. The number of unbranched alkanes of at least 4 members (excludes halogenated alkanes) is 8. The van der Waals surface area contributed by atoms with E-state index in [-0.39, 0.29) is 22.6 Å². The number of nitrogens with one attached hydrogen (secondary N) is 2. The number of hydrogen-bond acceptors (Lipinski definition) is 4. The maximum absolute atomic E-state index is 13.4. The van der Waals surface area contributed by atoms with Crippen LogP contribution < -0.4 is 10.6 Å². The van der Waals surface area contributed by atoms with Gasteiger partial charge >= 0.3 is 0 Å². The van der Waals surface area contributed by atoms with Crippen molar-refractivity contribution in [3.8, 4) is 11.5 Å². The predicted molar refractivity (Wildman–Crippen MR) is 163 cm³/mol. The highest BCUT2D eigenvalue weighted by atomic mass is 16.3. The van der Waals surface area contributed by atoms with Crippen LogP contribution >= 0.6 is 0 Å². The molecule has 6 heteroatoms. The summed E-state index contributed by atoms with van der Waals surface area (Å²) in [5, 5.41) is 26.9. The Morgan fingerprint density at radius 3 is 1.35 bits per heavy atom. The van der Waals surface area contributed by atoms with Gasteiger partial charge in [-0.2, -0.15) is 0 Å². The minimum atomic E-state index is -0.432. The van der Waals surface area contributed by atoms with Gasteiger partial charge in [0.05, 0.1) is 22.5 Å². The number of carbonyl (C=O) groups excluding carboxylic acids is 2. The number of aryl methyl sites for hydroxylation is 2. The van der Waals surface area contributed by atoms with Crippen LogP contribution in [0.4, 0.5) is 11.4 Å². The number of anilines is 2. The van der Waals surface area contributed by atoms with Crippen LogP contribution in [-0.4, -0.2) is 22.0 Å². The Morgan fingerprint density at radius 2 is 0.950 bits per heavy atom. The van der Waals surface area contributed by atoms with Crippen LogP contribution in [0, 0.1) is 0 Å². The van der Waals surface area contributed by atoms with Gasteiger partial charge in [0, 0.05) is 0 Å². The van der Waals surface area contributed by atoms with E-state index < -0.39 is 11.8 Å². The van der Waals surface area contributed by atoms with Gasteiger partial charge in [0.2, 0.25) is 0 Å². The lowest BCUT2D eigenvalue weighted by atomic mass is 9.98. The highest BCUT2D eigenvalue weighted by Crippen LogP contribution is 2.29. The molecule has 3 aromatic carbocycles. The summed E-state index contributed by atoms with van der Waals surface area (Å²) in [6.45, 7) is 4.35. The van der Waals surface area contributed by atoms with Crippen molar-refractivity contribution in [3.63, 3.8) is 0 Å². The van der Waals surface area contributed by atoms with Crippen LogP contribution in [0.1, 0.15) is 110 Å². The van der Waals surface area contributed by atoms with Crippen LogP contribution in [0.25, 0.3) is 0 Å². The maximum atomic E-state index is 13.4. The monoisotopic (exact) mass is 544 g/mol. The first-order valence-corrected chi connectivity index (χ1v) is 14.8. The number of benzene rings is 3. The summed E-state index contributed by atoms with van der Waals surface area (Å²) in [5.41, 5.74) is 2.93. The molecule has 3 rings (SSSR count). The molecule has 3 aromatic rings. The predicted octanol–water partition coefficient (Wildman–Crippen LogP) is 8.63. The fraction of sp³-hybridized carbons (Fsp3) is 0.412. The standard InChI is InChI=1S/C34H44N2O4/c1-3-5-7-9-11-17-25-19-15-23-29(37)31(25)33(39)35-27-21-13-14-22-28(27)36-34(40)32-26(20-16-24-30(32)38)18-12-10-8-6-4-2/h13-16,19-24,37-38H,3-12,17-18H2,1-2H3,(H,35,39)(H,36,40). The first kappa shape index (κ1) is 30.7. The van der Waals surface area contributed by atoms with Crippen LogP contribution in [-0.2, 0) is 12.8 Å². The molecular formula is C34H44N2O4. The summed E-state index contributed by atoms with van der Waals surface area (Å²) in [4.78, 5) is 26.8.